The quantitative estimate of drug-likeness (QED) is 0.537. The predicted molar refractivity (Wildman–Crippen MR) is 65.4 cm³/mol. The summed E-state index contributed by atoms with van der Waals surface area (Å²) in [6, 6.07) is 0. The molecule has 0 aromatic heterocycles. The van der Waals surface area contributed by atoms with Crippen molar-refractivity contribution >= 4 is 8.32 Å². The molecular formula is C12H21F3OSi. The van der Waals surface area contributed by atoms with Gasteiger partial charge in [-0.25, -0.2) is 0 Å². The van der Waals surface area contributed by atoms with Gasteiger partial charge in [-0.3, -0.25) is 0 Å². The van der Waals surface area contributed by atoms with E-state index >= 15 is 0 Å². The van der Waals surface area contributed by atoms with Crippen molar-refractivity contribution in [2.45, 2.75) is 51.5 Å². The highest BCUT2D eigenvalue weighted by molar-refractivity contribution is 6.74. The van der Waals surface area contributed by atoms with Crippen LogP contribution in [0.15, 0.2) is 11.6 Å². The zero-order valence-corrected chi connectivity index (χ0v) is 12.1. The van der Waals surface area contributed by atoms with Crippen LogP contribution >= 0.6 is 0 Å². The third-order valence-corrected chi connectivity index (χ3v) is 8.22. The van der Waals surface area contributed by atoms with Crippen molar-refractivity contribution < 1.29 is 17.6 Å². The standard InChI is InChI=1S/C12H21F3OSi/c1-11(2,3)17(4,5)16-7-6-9-8-10(9)12(13,14)15/h8,10H,6-7H2,1-5H3/t10-/m1/s1. The van der Waals surface area contributed by atoms with Gasteiger partial charge in [0.1, 0.15) is 0 Å². The summed E-state index contributed by atoms with van der Waals surface area (Å²) in [6.07, 6.45) is -2.39. The molecule has 0 amide bonds. The highest BCUT2D eigenvalue weighted by atomic mass is 28.4. The SMILES string of the molecule is CC(C)(C)[Si](C)(C)OCCC1=C[C@H]1C(F)(F)F. The van der Waals surface area contributed by atoms with E-state index in [1.54, 1.807) is 0 Å². The molecule has 0 heterocycles. The Bertz CT molecular complexity index is 313. The molecule has 0 bridgehead atoms. The van der Waals surface area contributed by atoms with Crippen LogP contribution in [0.2, 0.25) is 18.1 Å². The Hall–Kier alpha value is -0.293. The molecule has 17 heavy (non-hydrogen) atoms. The molecule has 1 nitrogen and oxygen atoms in total. The summed E-state index contributed by atoms with van der Waals surface area (Å²) in [5, 5.41) is 0.106. The summed E-state index contributed by atoms with van der Waals surface area (Å²) < 4.78 is 42.6. The highest BCUT2D eigenvalue weighted by Gasteiger charge is 2.47. The third kappa shape index (κ3) is 3.84. The molecule has 0 aromatic carbocycles. The molecule has 1 rings (SSSR count). The summed E-state index contributed by atoms with van der Waals surface area (Å²) in [5.74, 6) is -1.27. The minimum absolute atomic E-state index is 0.106. The molecule has 0 saturated heterocycles. The molecule has 0 aromatic rings. The van der Waals surface area contributed by atoms with E-state index in [0.29, 0.717) is 18.6 Å². The molecule has 0 unspecified atom stereocenters. The number of allylic oxidation sites excluding steroid dienone is 1. The zero-order valence-electron chi connectivity index (χ0n) is 11.1. The first-order chi connectivity index (χ1) is 7.45. The minimum Gasteiger partial charge on any atom is -0.417 e. The van der Waals surface area contributed by atoms with Crippen molar-refractivity contribution in [3.8, 4) is 0 Å². The Kier molecular flexibility index (Phi) is 3.84. The lowest BCUT2D eigenvalue weighted by Crippen LogP contribution is -2.41. The van der Waals surface area contributed by atoms with Gasteiger partial charge < -0.3 is 4.43 Å². The average Bonchev–Trinajstić information content (AvgIpc) is 2.79. The van der Waals surface area contributed by atoms with Gasteiger partial charge in [0.05, 0.1) is 5.92 Å². The lowest BCUT2D eigenvalue weighted by Gasteiger charge is -2.36. The molecular weight excluding hydrogens is 245 g/mol. The average molecular weight is 266 g/mol. The van der Waals surface area contributed by atoms with Crippen LogP contribution in [0.1, 0.15) is 27.2 Å². The largest absolute Gasteiger partial charge is 0.417 e. The first kappa shape index (κ1) is 14.8. The van der Waals surface area contributed by atoms with E-state index in [1.165, 1.54) is 6.08 Å². The van der Waals surface area contributed by atoms with E-state index in [1.807, 2.05) is 0 Å². The van der Waals surface area contributed by atoms with E-state index in [2.05, 4.69) is 33.9 Å². The molecule has 0 aliphatic heterocycles. The topological polar surface area (TPSA) is 9.23 Å². The molecule has 1 atom stereocenters. The number of rotatable bonds is 4. The van der Waals surface area contributed by atoms with Gasteiger partial charge in [0.25, 0.3) is 0 Å². The van der Waals surface area contributed by atoms with Crippen LogP contribution < -0.4 is 0 Å². The predicted octanol–water partition coefficient (Wildman–Crippen LogP) is 4.52. The number of hydrogen-bond acceptors (Lipinski definition) is 1. The van der Waals surface area contributed by atoms with Crippen LogP contribution in [0.25, 0.3) is 0 Å². The van der Waals surface area contributed by atoms with Gasteiger partial charge in [0.15, 0.2) is 8.32 Å². The van der Waals surface area contributed by atoms with E-state index < -0.39 is 20.4 Å². The van der Waals surface area contributed by atoms with E-state index in [-0.39, 0.29) is 5.04 Å². The minimum atomic E-state index is -4.09. The van der Waals surface area contributed by atoms with Gasteiger partial charge >= 0.3 is 6.18 Å². The van der Waals surface area contributed by atoms with Crippen molar-refractivity contribution in [2.75, 3.05) is 6.61 Å². The van der Waals surface area contributed by atoms with Gasteiger partial charge in [-0.2, -0.15) is 13.2 Å². The third-order valence-electron chi connectivity index (χ3n) is 3.68. The van der Waals surface area contributed by atoms with Gasteiger partial charge in [0, 0.05) is 6.61 Å². The molecule has 0 saturated carbocycles. The monoisotopic (exact) mass is 266 g/mol. The second-order valence-corrected chi connectivity index (χ2v) is 10.9. The second-order valence-electron chi connectivity index (χ2n) is 6.12. The number of halogens is 3. The zero-order chi connectivity index (χ0) is 13.5. The van der Waals surface area contributed by atoms with Crippen LogP contribution in [0.5, 0.6) is 0 Å². The van der Waals surface area contributed by atoms with E-state index in [4.69, 9.17) is 4.43 Å². The van der Waals surface area contributed by atoms with Crippen LogP contribution in [-0.2, 0) is 4.43 Å². The normalized spacial score (nSPS) is 21.4. The van der Waals surface area contributed by atoms with Crippen LogP contribution in [0, 0.1) is 5.92 Å². The van der Waals surface area contributed by atoms with Crippen molar-refractivity contribution in [3.63, 3.8) is 0 Å². The van der Waals surface area contributed by atoms with Crippen molar-refractivity contribution in [3.05, 3.63) is 11.6 Å². The van der Waals surface area contributed by atoms with Crippen molar-refractivity contribution in [1.29, 1.82) is 0 Å². The maximum absolute atomic E-state index is 12.3. The summed E-state index contributed by atoms with van der Waals surface area (Å²) in [6.45, 7) is 11.0. The maximum atomic E-state index is 12.3. The first-order valence-electron chi connectivity index (χ1n) is 5.86. The Morgan fingerprint density at radius 3 is 2.12 bits per heavy atom. The molecule has 100 valence electrons. The van der Waals surface area contributed by atoms with Crippen LogP contribution in [0.4, 0.5) is 13.2 Å². The fourth-order valence-corrected chi connectivity index (χ4v) is 2.40. The Labute approximate surface area is 102 Å². The van der Waals surface area contributed by atoms with Gasteiger partial charge in [-0.15, -0.1) is 0 Å². The van der Waals surface area contributed by atoms with E-state index in [9.17, 15) is 13.2 Å². The van der Waals surface area contributed by atoms with Gasteiger partial charge in [-0.05, 0) is 24.6 Å². The summed E-state index contributed by atoms with van der Waals surface area (Å²) in [5.41, 5.74) is 0.483. The van der Waals surface area contributed by atoms with Crippen molar-refractivity contribution in [2.24, 2.45) is 5.92 Å². The maximum Gasteiger partial charge on any atom is 0.398 e. The van der Waals surface area contributed by atoms with Crippen molar-refractivity contribution in [1.82, 2.24) is 0 Å². The summed E-state index contributed by atoms with van der Waals surface area (Å²) in [7, 11) is -1.82. The number of alkyl halides is 3. The first-order valence-corrected chi connectivity index (χ1v) is 8.77. The van der Waals surface area contributed by atoms with Gasteiger partial charge in [0.2, 0.25) is 0 Å². The molecule has 1 aliphatic carbocycles. The molecule has 0 fully saturated rings. The fourth-order valence-electron chi connectivity index (χ4n) is 1.35. The smallest absolute Gasteiger partial charge is 0.398 e. The van der Waals surface area contributed by atoms with Gasteiger partial charge in [-0.1, -0.05) is 32.4 Å². The highest BCUT2D eigenvalue weighted by Crippen LogP contribution is 2.45. The lowest BCUT2D eigenvalue weighted by atomic mass is 10.2. The Morgan fingerprint density at radius 2 is 1.76 bits per heavy atom. The Balaban J connectivity index is 2.30. The second kappa shape index (κ2) is 4.43. The molecule has 1 aliphatic rings. The fraction of sp³-hybridized carbons (Fsp3) is 0.833. The summed E-state index contributed by atoms with van der Waals surface area (Å²) >= 11 is 0. The van der Waals surface area contributed by atoms with Crippen LogP contribution in [0.3, 0.4) is 0 Å². The molecule has 0 N–H and O–H groups in total. The molecule has 5 heteroatoms. The van der Waals surface area contributed by atoms with E-state index in [0.717, 1.165) is 0 Å². The number of hydrogen-bond donors (Lipinski definition) is 0. The Morgan fingerprint density at radius 1 is 1.24 bits per heavy atom. The summed E-state index contributed by atoms with van der Waals surface area (Å²) in [4.78, 5) is 0. The molecule has 0 spiro atoms. The molecule has 0 radical (unpaired) electrons. The van der Waals surface area contributed by atoms with Crippen LogP contribution in [-0.4, -0.2) is 21.1 Å². The lowest BCUT2D eigenvalue weighted by molar-refractivity contribution is -0.142.